The molecule has 0 N–H and O–H groups in total. The van der Waals surface area contributed by atoms with E-state index < -0.39 is 0 Å². The van der Waals surface area contributed by atoms with E-state index in [9.17, 15) is 4.79 Å². The molecule has 4 rings (SSSR count). The molecule has 4 aromatic rings. The third kappa shape index (κ3) is 4.25. The van der Waals surface area contributed by atoms with Gasteiger partial charge in [-0.3, -0.25) is 4.79 Å². The van der Waals surface area contributed by atoms with Crippen LogP contribution in [0.5, 0.6) is 5.75 Å². The monoisotopic (exact) mass is 406 g/mol. The van der Waals surface area contributed by atoms with Crippen LogP contribution in [0.25, 0.3) is 11.0 Å². The Balaban J connectivity index is 1.61. The maximum absolute atomic E-state index is 13.1. The van der Waals surface area contributed by atoms with E-state index in [4.69, 9.17) is 20.8 Å². The summed E-state index contributed by atoms with van der Waals surface area (Å²) >= 11 is 5.84. The van der Waals surface area contributed by atoms with E-state index in [1.807, 2.05) is 60.7 Å². The van der Waals surface area contributed by atoms with Crippen molar-refractivity contribution in [2.24, 2.45) is 0 Å². The molecule has 0 aliphatic rings. The molecule has 1 amide bonds. The minimum atomic E-state index is -0.220. The molecule has 0 unspecified atom stereocenters. The summed E-state index contributed by atoms with van der Waals surface area (Å²) < 4.78 is 11.8. The summed E-state index contributed by atoms with van der Waals surface area (Å²) in [5.74, 6) is 0.797. The minimum Gasteiger partial charge on any atom is -0.489 e. The quantitative estimate of drug-likeness (QED) is 0.406. The summed E-state index contributed by atoms with van der Waals surface area (Å²) in [7, 11) is 1.73. The van der Waals surface area contributed by atoms with Crippen LogP contribution in [0.15, 0.2) is 77.3 Å². The van der Waals surface area contributed by atoms with Gasteiger partial charge in [0.05, 0.1) is 0 Å². The first-order valence-electron chi connectivity index (χ1n) is 9.16. The Kier molecular flexibility index (Phi) is 5.49. The number of furan rings is 1. The number of amides is 1. The molecule has 0 spiro atoms. The zero-order valence-electron chi connectivity index (χ0n) is 15.8. The van der Waals surface area contributed by atoms with Gasteiger partial charge in [0.25, 0.3) is 5.91 Å². The fraction of sp³-hybridized carbons (Fsp3) is 0.130. The number of fused-ring (bicyclic) bond motifs is 1. The second-order valence-electron chi connectivity index (χ2n) is 6.66. The summed E-state index contributed by atoms with van der Waals surface area (Å²) in [4.78, 5) is 18.8. The highest BCUT2D eigenvalue weighted by molar-refractivity contribution is 6.29. The van der Waals surface area contributed by atoms with Gasteiger partial charge in [0, 0.05) is 30.7 Å². The van der Waals surface area contributed by atoms with Crippen molar-refractivity contribution in [3.05, 3.63) is 95.0 Å². The summed E-state index contributed by atoms with van der Waals surface area (Å²) in [5.41, 5.74) is 2.27. The molecule has 5 nitrogen and oxygen atoms in total. The average Bonchev–Trinajstić information content (AvgIpc) is 3.12. The number of halogens is 1. The highest BCUT2D eigenvalue weighted by Crippen LogP contribution is 2.28. The lowest BCUT2D eigenvalue weighted by Crippen LogP contribution is -2.26. The van der Waals surface area contributed by atoms with Crippen LogP contribution in [0.4, 0.5) is 0 Å². The van der Waals surface area contributed by atoms with Crippen molar-refractivity contribution in [2.75, 3.05) is 7.05 Å². The third-order valence-electron chi connectivity index (χ3n) is 4.57. The van der Waals surface area contributed by atoms with E-state index in [-0.39, 0.29) is 18.3 Å². The van der Waals surface area contributed by atoms with Crippen LogP contribution in [0.1, 0.15) is 21.7 Å². The molecular weight excluding hydrogens is 388 g/mol. The zero-order valence-corrected chi connectivity index (χ0v) is 16.6. The first kappa shape index (κ1) is 19.0. The minimum absolute atomic E-state index is 0.220. The van der Waals surface area contributed by atoms with E-state index in [0.717, 1.165) is 22.3 Å². The standard InChI is InChI=1S/C23H19ClN2O3/c1-26(14-16-11-12-21(24)25-13-16)23(27)22-19(15-28-17-7-3-2-4-8-17)18-9-5-6-10-20(18)29-22/h2-13H,14-15H2,1H3. The Hall–Kier alpha value is -3.31. The van der Waals surface area contributed by atoms with Gasteiger partial charge < -0.3 is 14.1 Å². The van der Waals surface area contributed by atoms with Gasteiger partial charge in [-0.1, -0.05) is 54.1 Å². The molecule has 0 saturated heterocycles. The number of aromatic nitrogens is 1. The van der Waals surface area contributed by atoms with Crippen molar-refractivity contribution < 1.29 is 13.9 Å². The van der Waals surface area contributed by atoms with Crippen LogP contribution in [0, 0.1) is 0 Å². The summed E-state index contributed by atoms with van der Waals surface area (Å²) in [6.45, 7) is 0.622. The number of rotatable bonds is 6. The van der Waals surface area contributed by atoms with Crippen LogP contribution in [-0.2, 0) is 13.2 Å². The highest BCUT2D eigenvalue weighted by Gasteiger charge is 2.24. The lowest BCUT2D eigenvalue weighted by atomic mass is 10.1. The van der Waals surface area contributed by atoms with Gasteiger partial charge in [-0.25, -0.2) is 4.98 Å². The Morgan fingerprint density at radius 3 is 2.59 bits per heavy atom. The maximum atomic E-state index is 13.1. The van der Waals surface area contributed by atoms with Crippen molar-refractivity contribution in [2.45, 2.75) is 13.2 Å². The zero-order chi connectivity index (χ0) is 20.2. The van der Waals surface area contributed by atoms with Crippen LogP contribution in [0.3, 0.4) is 0 Å². The molecule has 29 heavy (non-hydrogen) atoms. The molecule has 6 heteroatoms. The van der Waals surface area contributed by atoms with E-state index in [0.29, 0.717) is 17.3 Å². The first-order valence-corrected chi connectivity index (χ1v) is 9.54. The lowest BCUT2D eigenvalue weighted by Gasteiger charge is -2.16. The molecule has 2 heterocycles. The first-order chi connectivity index (χ1) is 14.1. The largest absolute Gasteiger partial charge is 0.489 e. The number of carbonyl (C=O) groups is 1. The number of hydrogen-bond acceptors (Lipinski definition) is 4. The summed E-state index contributed by atoms with van der Waals surface area (Å²) in [6, 6.07) is 20.6. The van der Waals surface area contributed by atoms with E-state index in [1.165, 1.54) is 0 Å². The lowest BCUT2D eigenvalue weighted by molar-refractivity contribution is 0.0752. The van der Waals surface area contributed by atoms with Gasteiger partial charge in [-0.05, 0) is 29.8 Å². The van der Waals surface area contributed by atoms with Crippen LogP contribution in [0.2, 0.25) is 5.15 Å². The van der Waals surface area contributed by atoms with Crippen LogP contribution in [-0.4, -0.2) is 22.8 Å². The summed E-state index contributed by atoms with van der Waals surface area (Å²) in [5, 5.41) is 1.29. The Morgan fingerprint density at radius 1 is 1.07 bits per heavy atom. The highest BCUT2D eigenvalue weighted by atomic mass is 35.5. The molecule has 0 radical (unpaired) electrons. The maximum Gasteiger partial charge on any atom is 0.290 e. The van der Waals surface area contributed by atoms with E-state index in [1.54, 1.807) is 24.2 Å². The molecule has 0 aliphatic heterocycles. The number of carbonyl (C=O) groups excluding carboxylic acids is 1. The van der Waals surface area contributed by atoms with E-state index in [2.05, 4.69) is 4.98 Å². The van der Waals surface area contributed by atoms with Gasteiger partial charge in [-0.2, -0.15) is 0 Å². The number of hydrogen-bond donors (Lipinski definition) is 0. The molecule has 0 bridgehead atoms. The second-order valence-corrected chi connectivity index (χ2v) is 7.05. The molecule has 2 aromatic heterocycles. The van der Waals surface area contributed by atoms with Crippen molar-refractivity contribution in [1.82, 2.24) is 9.88 Å². The Labute approximate surface area is 173 Å². The van der Waals surface area contributed by atoms with E-state index >= 15 is 0 Å². The van der Waals surface area contributed by atoms with Crippen molar-refractivity contribution >= 4 is 28.5 Å². The Bertz CT molecular complexity index is 1120. The molecule has 2 aromatic carbocycles. The van der Waals surface area contributed by atoms with Gasteiger partial charge in [0.2, 0.25) is 0 Å². The molecule has 0 aliphatic carbocycles. The molecule has 146 valence electrons. The van der Waals surface area contributed by atoms with Gasteiger partial charge in [0.1, 0.15) is 23.1 Å². The second kappa shape index (κ2) is 8.37. The molecule has 0 atom stereocenters. The van der Waals surface area contributed by atoms with Gasteiger partial charge in [0.15, 0.2) is 5.76 Å². The summed E-state index contributed by atoms with van der Waals surface area (Å²) in [6.07, 6.45) is 1.66. The predicted octanol–water partition coefficient (Wildman–Crippen LogP) is 5.33. The van der Waals surface area contributed by atoms with Crippen molar-refractivity contribution in [3.8, 4) is 5.75 Å². The normalized spacial score (nSPS) is 10.8. The number of benzene rings is 2. The fourth-order valence-corrected chi connectivity index (χ4v) is 3.22. The third-order valence-corrected chi connectivity index (χ3v) is 4.80. The van der Waals surface area contributed by atoms with Crippen molar-refractivity contribution in [3.63, 3.8) is 0 Å². The number of para-hydroxylation sites is 2. The number of pyridine rings is 1. The Morgan fingerprint density at radius 2 is 1.83 bits per heavy atom. The topological polar surface area (TPSA) is 55.6 Å². The fourth-order valence-electron chi connectivity index (χ4n) is 3.11. The van der Waals surface area contributed by atoms with Crippen LogP contribution < -0.4 is 4.74 Å². The number of nitrogens with zero attached hydrogens (tertiary/aromatic N) is 2. The van der Waals surface area contributed by atoms with Gasteiger partial charge in [-0.15, -0.1) is 0 Å². The molecule has 0 saturated carbocycles. The predicted molar refractivity (Wildman–Crippen MR) is 112 cm³/mol. The molecule has 0 fully saturated rings. The van der Waals surface area contributed by atoms with Crippen molar-refractivity contribution in [1.29, 1.82) is 0 Å². The average molecular weight is 407 g/mol. The smallest absolute Gasteiger partial charge is 0.290 e. The SMILES string of the molecule is CN(Cc1ccc(Cl)nc1)C(=O)c1oc2ccccc2c1COc1ccccc1. The number of ether oxygens (including phenoxy) is 1. The molecular formula is C23H19ClN2O3. The van der Waals surface area contributed by atoms with Gasteiger partial charge >= 0.3 is 0 Å². The van der Waals surface area contributed by atoms with Crippen LogP contribution >= 0.6 is 11.6 Å².